The largest absolute Gasteiger partial charge is 0.416 e. The Hall–Kier alpha value is -2.19. The number of nitrogens with zero attached hydrogens (tertiary/aromatic N) is 2. The Morgan fingerprint density at radius 3 is 2.65 bits per heavy atom. The summed E-state index contributed by atoms with van der Waals surface area (Å²) in [6.07, 6.45) is -1.86. The maximum Gasteiger partial charge on any atom is 0.416 e. The van der Waals surface area contributed by atoms with Gasteiger partial charge in [-0.15, -0.1) is 0 Å². The fourth-order valence-corrected chi connectivity index (χ4v) is 3.03. The van der Waals surface area contributed by atoms with Gasteiger partial charge in [0.05, 0.1) is 23.0 Å². The molecule has 9 heteroatoms. The Bertz CT molecular complexity index is 828. The topological polar surface area (TPSA) is 66.9 Å². The normalized spacial score (nSPS) is 20.2. The number of hydrogen-bond acceptors (Lipinski definition) is 4. The smallest absolute Gasteiger partial charge is 0.324 e. The molecule has 0 spiro atoms. The molecule has 26 heavy (non-hydrogen) atoms. The van der Waals surface area contributed by atoms with Crippen molar-refractivity contribution in [1.29, 1.82) is 0 Å². The maximum atomic E-state index is 13.1. The van der Waals surface area contributed by atoms with E-state index in [4.69, 9.17) is 11.6 Å². The second kappa shape index (κ2) is 7.20. The summed E-state index contributed by atoms with van der Waals surface area (Å²) in [6, 6.07) is 4.28. The summed E-state index contributed by atoms with van der Waals surface area (Å²) < 4.78 is 39.3. The molecule has 1 aliphatic rings. The number of amides is 1. The molecule has 3 rings (SSSR count). The van der Waals surface area contributed by atoms with Gasteiger partial charge in [-0.1, -0.05) is 17.7 Å². The zero-order valence-electron chi connectivity index (χ0n) is 13.8. The Morgan fingerprint density at radius 2 is 2.04 bits per heavy atom. The molecule has 5 nitrogen and oxygen atoms in total. The Balaban J connectivity index is 1.97. The highest BCUT2D eigenvalue weighted by molar-refractivity contribution is 6.29. The lowest BCUT2D eigenvalue weighted by molar-refractivity contribution is -0.137. The van der Waals surface area contributed by atoms with Crippen molar-refractivity contribution in [3.63, 3.8) is 0 Å². The molecule has 2 atom stereocenters. The maximum absolute atomic E-state index is 13.1. The predicted molar refractivity (Wildman–Crippen MR) is 91.7 cm³/mol. The molecule has 0 saturated carbocycles. The van der Waals surface area contributed by atoms with Crippen molar-refractivity contribution in [2.75, 3.05) is 5.32 Å². The second-order valence-corrected chi connectivity index (χ2v) is 6.56. The third kappa shape index (κ3) is 4.13. The zero-order valence-corrected chi connectivity index (χ0v) is 14.5. The van der Waals surface area contributed by atoms with E-state index in [1.807, 2.05) is 6.92 Å². The first-order chi connectivity index (χ1) is 12.2. The van der Waals surface area contributed by atoms with Gasteiger partial charge in [0.1, 0.15) is 11.5 Å². The van der Waals surface area contributed by atoms with E-state index >= 15 is 0 Å². The van der Waals surface area contributed by atoms with Crippen LogP contribution in [-0.4, -0.2) is 28.0 Å². The lowest BCUT2D eigenvalue weighted by Crippen LogP contribution is -2.38. The summed E-state index contributed by atoms with van der Waals surface area (Å²) in [4.78, 5) is 20.3. The molecule has 1 aliphatic heterocycles. The van der Waals surface area contributed by atoms with Crippen LogP contribution in [0.3, 0.4) is 0 Å². The molecule has 138 valence electrons. The zero-order chi connectivity index (χ0) is 18.9. The van der Waals surface area contributed by atoms with E-state index in [9.17, 15) is 18.0 Å². The van der Waals surface area contributed by atoms with Crippen LogP contribution in [0.15, 0.2) is 30.6 Å². The van der Waals surface area contributed by atoms with Crippen molar-refractivity contribution >= 4 is 23.2 Å². The molecule has 1 fully saturated rings. The van der Waals surface area contributed by atoms with Gasteiger partial charge in [0.25, 0.3) is 0 Å². The van der Waals surface area contributed by atoms with Crippen molar-refractivity contribution in [2.45, 2.75) is 38.0 Å². The van der Waals surface area contributed by atoms with E-state index < -0.39 is 17.8 Å². The van der Waals surface area contributed by atoms with Gasteiger partial charge in [0, 0.05) is 17.7 Å². The number of halogens is 4. The van der Waals surface area contributed by atoms with E-state index in [-0.39, 0.29) is 22.8 Å². The summed E-state index contributed by atoms with van der Waals surface area (Å²) in [5.74, 6) is -0.380. The number of carbonyl (C=O) groups excluding carboxylic acids is 1. The molecule has 1 saturated heterocycles. The van der Waals surface area contributed by atoms with Gasteiger partial charge in [0.2, 0.25) is 5.91 Å². The highest BCUT2D eigenvalue weighted by Gasteiger charge is 2.32. The molecule has 0 bridgehead atoms. The van der Waals surface area contributed by atoms with E-state index in [2.05, 4.69) is 20.6 Å². The predicted octanol–water partition coefficient (Wildman–Crippen LogP) is 3.89. The Morgan fingerprint density at radius 1 is 1.27 bits per heavy atom. The summed E-state index contributed by atoms with van der Waals surface area (Å²) in [5.41, 5.74) is -0.172. The van der Waals surface area contributed by atoms with Gasteiger partial charge in [0.15, 0.2) is 0 Å². The number of nitrogens with one attached hydrogen (secondary N) is 2. The number of hydrogen-bond donors (Lipinski definition) is 2. The quantitative estimate of drug-likeness (QED) is 0.788. The first-order valence-corrected chi connectivity index (χ1v) is 8.38. The lowest BCUT2D eigenvalue weighted by atomic mass is 10.0. The van der Waals surface area contributed by atoms with Crippen molar-refractivity contribution in [1.82, 2.24) is 15.3 Å². The minimum atomic E-state index is -4.53. The van der Waals surface area contributed by atoms with Gasteiger partial charge in [-0.05, 0) is 31.9 Å². The van der Waals surface area contributed by atoms with Crippen LogP contribution in [0.2, 0.25) is 5.15 Å². The van der Waals surface area contributed by atoms with Crippen LogP contribution in [0.5, 0.6) is 0 Å². The Kier molecular flexibility index (Phi) is 5.15. The van der Waals surface area contributed by atoms with Crippen molar-refractivity contribution in [3.8, 4) is 11.3 Å². The monoisotopic (exact) mass is 384 g/mol. The summed E-state index contributed by atoms with van der Waals surface area (Å²) >= 11 is 5.85. The highest BCUT2D eigenvalue weighted by atomic mass is 35.5. The molecule has 1 amide bonds. The average molecular weight is 385 g/mol. The number of rotatable bonds is 3. The number of aromatic nitrogens is 2. The number of benzene rings is 1. The van der Waals surface area contributed by atoms with Crippen LogP contribution in [0.4, 0.5) is 18.9 Å². The van der Waals surface area contributed by atoms with Crippen LogP contribution in [0.25, 0.3) is 11.3 Å². The molecule has 2 heterocycles. The molecule has 1 aromatic carbocycles. The standard InChI is InChI=1S/C17H16ClF3N4O/c1-9-2-5-12(24-9)16(26)25-14-6-10(17(19,20)21)3-4-11(14)13-7-15(18)23-8-22-13/h3-4,6-9,12,24H,2,5H2,1H3,(H,25,26). The first-order valence-electron chi connectivity index (χ1n) is 8.00. The summed E-state index contributed by atoms with van der Waals surface area (Å²) in [7, 11) is 0. The van der Waals surface area contributed by atoms with E-state index in [1.54, 1.807) is 0 Å². The molecule has 1 aromatic heterocycles. The number of carbonyl (C=O) groups is 1. The van der Waals surface area contributed by atoms with E-state index in [1.165, 1.54) is 18.5 Å². The molecule has 0 aliphatic carbocycles. The SMILES string of the molecule is CC1CCC(C(=O)Nc2cc(C(F)(F)F)ccc2-c2cc(Cl)ncn2)N1. The van der Waals surface area contributed by atoms with Gasteiger partial charge in [-0.3, -0.25) is 4.79 Å². The average Bonchev–Trinajstić information content (AvgIpc) is 3.00. The minimum absolute atomic E-state index is 0.0287. The third-order valence-corrected chi connectivity index (χ3v) is 4.41. The fourth-order valence-electron chi connectivity index (χ4n) is 2.88. The van der Waals surface area contributed by atoms with Crippen molar-refractivity contribution in [3.05, 3.63) is 41.3 Å². The van der Waals surface area contributed by atoms with Crippen LogP contribution in [0, 0.1) is 0 Å². The van der Waals surface area contributed by atoms with Crippen molar-refractivity contribution in [2.24, 2.45) is 0 Å². The highest BCUT2D eigenvalue weighted by Crippen LogP contribution is 2.36. The third-order valence-electron chi connectivity index (χ3n) is 4.20. The summed E-state index contributed by atoms with van der Waals surface area (Å²) in [5, 5.41) is 5.86. The Labute approximate surface area is 153 Å². The molecule has 0 radical (unpaired) electrons. The lowest BCUT2D eigenvalue weighted by Gasteiger charge is -2.17. The van der Waals surface area contributed by atoms with Crippen molar-refractivity contribution < 1.29 is 18.0 Å². The molecule has 2 aromatic rings. The minimum Gasteiger partial charge on any atom is -0.324 e. The molecule has 2 N–H and O–H groups in total. The van der Waals surface area contributed by atoms with E-state index in [0.717, 1.165) is 18.6 Å². The van der Waals surface area contributed by atoms with Crippen LogP contribution >= 0.6 is 11.6 Å². The van der Waals surface area contributed by atoms with Gasteiger partial charge >= 0.3 is 6.18 Å². The second-order valence-electron chi connectivity index (χ2n) is 6.17. The molecular formula is C17H16ClF3N4O. The fraction of sp³-hybridized carbons (Fsp3) is 0.353. The van der Waals surface area contributed by atoms with Crippen LogP contribution in [-0.2, 0) is 11.0 Å². The van der Waals surface area contributed by atoms with Gasteiger partial charge < -0.3 is 10.6 Å². The van der Waals surface area contributed by atoms with Crippen LogP contribution < -0.4 is 10.6 Å². The number of alkyl halides is 3. The van der Waals surface area contributed by atoms with Crippen LogP contribution in [0.1, 0.15) is 25.3 Å². The number of anilines is 1. The van der Waals surface area contributed by atoms with Gasteiger partial charge in [-0.25, -0.2) is 9.97 Å². The first kappa shape index (κ1) is 18.6. The van der Waals surface area contributed by atoms with E-state index in [0.29, 0.717) is 17.7 Å². The van der Waals surface area contributed by atoms with Gasteiger partial charge in [-0.2, -0.15) is 13.2 Å². The molecular weight excluding hydrogens is 369 g/mol. The molecule has 2 unspecified atom stereocenters. The summed E-state index contributed by atoms with van der Waals surface area (Å²) in [6.45, 7) is 1.95.